The maximum Gasteiger partial charge on any atom is 0.122 e. The average Bonchev–Trinajstić information content (AvgIpc) is 2.59. The van der Waals surface area contributed by atoms with Gasteiger partial charge in [-0.25, -0.2) is 0 Å². The molecule has 16 heavy (non-hydrogen) atoms. The second-order valence-electron chi connectivity index (χ2n) is 3.23. The van der Waals surface area contributed by atoms with Gasteiger partial charge >= 0.3 is 0 Å². The van der Waals surface area contributed by atoms with E-state index in [0.29, 0.717) is 10.0 Å². The number of halogens is 4. The van der Waals surface area contributed by atoms with Crippen molar-refractivity contribution in [3.8, 4) is 0 Å². The summed E-state index contributed by atoms with van der Waals surface area (Å²) in [6, 6.07) is 5.57. The van der Waals surface area contributed by atoms with E-state index in [0.717, 1.165) is 16.7 Å². The molecule has 0 N–H and O–H groups in total. The molecule has 5 heteroatoms. The Kier molecular flexibility index (Phi) is 4.32. The Labute approximate surface area is 123 Å². The van der Waals surface area contributed by atoms with Crippen molar-refractivity contribution < 1.29 is 3.07 Å². The molecular formula is C11H8BrCl2IO. The minimum atomic E-state index is -0.479. The van der Waals surface area contributed by atoms with Crippen molar-refractivity contribution in [1.29, 1.82) is 0 Å². The van der Waals surface area contributed by atoms with E-state index < -0.39 is 21.1 Å². The highest BCUT2D eigenvalue weighted by atomic mass is 127. The van der Waals surface area contributed by atoms with E-state index >= 15 is 0 Å². The average molecular weight is 434 g/mol. The van der Waals surface area contributed by atoms with E-state index in [1.807, 2.05) is 25.1 Å². The molecule has 1 aliphatic heterocycles. The summed E-state index contributed by atoms with van der Waals surface area (Å²) in [6.07, 6.45) is 0. The van der Waals surface area contributed by atoms with E-state index in [1.54, 1.807) is 0 Å². The Hall–Kier alpha value is 0.420. The van der Waals surface area contributed by atoms with Crippen molar-refractivity contribution in [3.63, 3.8) is 0 Å². The number of alkyl halides is 1. The van der Waals surface area contributed by atoms with Gasteiger partial charge in [-0.15, -0.1) is 0 Å². The summed E-state index contributed by atoms with van der Waals surface area (Å²) in [5.41, 5.74) is 2.12. The first-order chi connectivity index (χ1) is 7.65. The number of rotatable bonds is 2. The van der Waals surface area contributed by atoms with Gasteiger partial charge in [-0.3, -0.25) is 0 Å². The van der Waals surface area contributed by atoms with Crippen LogP contribution in [0.1, 0.15) is 12.5 Å². The van der Waals surface area contributed by atoms with Crippen LogP contribution in [0.15, 0.2) is 29.5 Å². The summed E-state index contributed by atoms with van der Waals surface area (Å²) in [5, 5.41) is 2.16. The topological polar surface area (TPSA) is 9.23 Å². The molecule has 1 aliphatic rings. The lowest BCUT2D eigenvalue weighted by atomic mass is 10.1. The molecule has 86 valence electrons. The molecule has 0 saturated heterocycles. The minimum absolute atomic E-state index is 0.479. The summed E-state index contributed by atoms with van der Waals surface area (Å²) >= 11 is 15.4. The van der Waals surface area contributed by atoms with Crippen molar-refractivity contribution >= 4 is 63.8 Å². The maximum atomic E-state index is 6.20. The standard InChI is InChI=1S/C11H8BrCl2IO/c1-6-7(5-12)11(15-16-6)10-8(13)3-2-4-9(10)14/h2-4H,5H2,1H3. The summed E-state index contributed by atoms with van der Waals surface area (Å²) in [5.74, 6) is 0.982. The molecule has 1 nitrogen and oxygen atoms in total. The van der Waals surface area contributed by atoms with Crippen molar-refractivity contribution in [3.05, 3.63) is 45.1 Å². The molecular weight excluding hydrogens is 426 g/mol. The third-order valence-electron chi connectivity index (χ3n) is 2.24. The second kappa shape index (κ2) is 5.38. The third kappa shape index (κ3) is 2.33. The Morgan fingerprint density at radius 3 is 2.50 bits per heavy atom. The summed E-state index contributed by atoms with van der Waals surface area (Å²) < 4.78 is 6.82. The molecule has 0 saturated carbocycles. The number of hydrogen-bond acceptors (Lipinski definition) is 1. The van der Waals surface area contributed by atoms with Crippen LogP contribution in [0, 0.1) is 0 Å². The van der Waals surface area contributed by atoms with Crippen LogP contribution in [0.2, 0.25) is 10.0 Å². The lowest BCUT2D eigenvalue weighted by Crippen LogP contribution is -2.04. The molecule has 0 radical (unpaired) electrons. The van der Waals surface area contributed by atoms with Crippen LogP contribution in [0.25, 0.3) is 0 Å². The minimum Gasteiger partial charge on any atom is -0.439 e. The number of allylic oxidation sites excluding steroid dienone is 2. The molecule has 0 amide bonds. The zero-order valence-electron chi connectivity index (χ0n) is 8.36. The zero-order chi connectivity index (χ0) is 11.7. The lowest BCUT2D eigenvalue weighted by molar-refractivity contribution is 0.562. The largest absolute Gasteiger partial charge is 0.439 e. The van der Waals surface area contributed by atoms with E-state index in [1.165, 1.54) is 9.08 Å². The van der Waals surface area contributed by atoms with Gasteiger partial charge in [0.1, 0.15) is 26.9 Å². The first-order valence-electron chi connectivity index (χ1n) is 4.54. The molecule has 0 atom stereocenters. The monoisotopic (exact) mass is 432 g/mol. The Balaban J connectivity index is 2.55. The Bertz CT molecular complexity index is 477. The smallest absolute Gasteiger partial charge is 0.122 e. The van der Waals surface area contributed by atoms with E-state index in [9.17, 15) is 0 Å². The molecule has 0 fully saturated rings. The summed E-state index contributed by atoms with van der Waals surface area (Å²) in [7, 11) is 0. The van der Waals surface area contributed by atoms with Crippen molar-refractivity contribution in [1.82, 2.24) is 0 Å². The molecule has 2 rings (SSSR count). The predicted molar refractivity (Wildman–Crippen MR) is 82.2 cm³/mol. The third-order valence-corrected chi connectivity index (χ3v) is 5.94. The van der Waals surface area contributed by atoms with Gasteiger partial charge in [0, 0.05) is 16.5 Å². The van der Waals surface area contributed by atoms with E-state index in [2.05, 4.69) is 15.9 Å². The van der Waals surface area contributed by atoms with Crippen LogP contribution in [0.3, 0.4) is 0 Å². The molecule has 0 bridgehead atoms. The van der Waals surface area contributed by atoms with Gasteiger partial charge in [-0.05, 0) is 19.1 Å². The zero-order valence-corrected chi connectivity index (χ0v) is 13.6. The van der Waals surface area contributed by atoms with Gasteiger partial charge in [0.25, 0.3) is 0 Å². The molecule has 0 aromatic heterocycles. The molecule has 0 spiro atoms. The Morgan fingerprint density at radius 1 is 1.31 bits per heavy atom. The van der Waals surface area contributed by atoms with E-state index in [-0.39, 0.29) is 0 Å². The molecule has 0 unspecified atom stereocenters. The molecule has 0 aliphatic carbocycles. The highest BCUT2D eigenvalue weighted by Crippen LogP contribution is 2.37. The van der Waals surface area contributed by atoms with Gasteiger partial charge in [0.2, 0.25) is 0 Å². The highest BCUT2D eigenvalue weighted by Gasteiger charge is 2.22. The van der Waals surface area contributed by atoms with Crippen LogP contribution >= 0.6 is 60.3 Å². The van der Waals surface area contributed by atoms with Crippen LogP contribution in [-0.4, -0.2) is 8.84 Å². The van der Waals surface area contributed by atoms with Crippen LogP contribution in [-0.2, 0) is 3.07 Å². The quantitative estimate of drug-likeness (QED) is 0.466. The Morgan fingerprint density at radius 2 is 1.94 bits per heavy atom. The molecule has 1 heterocycles. The van der Waals surface area contributed by atoms with E-state index in [4.69, 9.17) is 26.3 Å². The van der Waals surface area contributed by atoms with Crippen LogP contribution < -0.4 is 0 Å². The SMILES string of the molecule is CC1=C(CBr)C(c2c(Cl)cccc2Cl)=IO1. The highest BCUT2D eigenvalue weighted by molar-refractivity contribution is 14.2. The summed E-state index contributed by atoms with van der Waals surface area (Å²) in [6.45, 7) is 1.98. The normalized spacial score (nSPS) is 15.6. The maximum absolute atomic E-state index is 6.20. The predicted octanol–water partition coefficient (Wildman–Crippen LogP) is 5.10. The fourth-order valence-corrected chi connectivity index (χ4v) is 5.95. The lowest BCUT2D eigenvalue weighted by Gasteiger charge is -2.08. The molecule has 1 aromatic carbocycles. The fraction of sp³-hybridized carbons (Fsp3) is 0.182. The van der Waals surface area contributed by atoms with Gasteiger partial charge in [-0.1, -0.05) is 45.2 Å². The van der Waals surface area contributed by atoms with Gasteiger partial charge in [0.05, 0.1) is 13.6 Å². The first kappa shape index (κ1) is 12.9. The van der Waals surface area contributed by atoms with Gasteiger partial charge < -0.3 is 3.07 Å². The fourth-order valence-electron chi connectivity index (χ4n) is 1.39. The summed E-state index contributed by atoms with van der Waals surface area (Å²) in [4.78, 5) is 0. The van der Waals surface area contributed by atoms with Gasteiger partial charge in [-0.2, -0.15) is 0 Å². The van der Waals surface area contributed by atoms with Crippen LogP contribution in [0.5, 0.6) is 0 Å². The van der Waals surface area contributed by atoms with Gasteiger partial charge in [0.15, 0.2) is 0 Å². The number of hydrogen-bond donors (Lipinski definition) is 0. The second-order valence-corrected chi connectivity index (χ2v) is 6.57. The molecule has 1 aromatic rings. The van der Waals surface area contributed by atoms with Crippen molar-refractivity contribution in [2.45, 2.75) is 6.92 Å². The van der Waals surface area contributed by atoms with Crippen molar-refractivity contribution in [2.75, 3.05) is 5.33 Å². The number of benzene rings is 1. The van der Waals surface area contributed by atoms with Crippen molar-refractivity contribution in [2.24, 2.45) is 0 Å². The van der Waals surface area contributed by atoms with Crippen LogP contribution in [0.4, 0.5) is 0 Å². The first-order valence-corrected chi connectivity index (χ1v) is 8.38.